The van der Waals surface area contributed by atoms with E-state index in [-0.39, 0.29) is 11.5 Å². The van der Waals surface area contributed by atoms with Gasteiger partial charge in [-0.15, -0.1) is 0 Å². The second-order valence-corrected chi connectivity index (χ2v) is 5.52. The fourth-order valence-corrected chi connectivity index (χ4v) is 2.87. The van der Waals surface area contributed by atoms with Crippen molar-refractivity contribution in [3.8, 4) is 6.07 Å². The highest BCUT2D eigenvalue weighted by molar-refractivity contribution is 5.97. The van der Waals surface area contributed by atoms with E-state index in [1.54, 1.807) is 11.1 Å². The molecule has 20 heavy (non-hydrogen) atoms. The first-order valence-electron chi connectivity index (χ1n) is 7.43. The molecule has 1 heterocycles. The van der Waals surface area contributed by atoms with Crippen LogP contribution in [-0.4, -0.2) is 55.1 Å². The van der Waals surface area contributed by atoms with Gasteiger partial charge in [-0.3, -0.25) is 4.79 Å². The number of amides is 1. The van der Waals surface area contributed by atoms with Gasteiger partial charge < -0.3 is 14.5 Å². The number of nitriles is 1. The van der Waals surface area contributed by atoms with Crippen LogP contribution in [-0.2, 0) is 9.53 Å². The van der Waals surface area contributed by atoms with Crippen LogP contribution in [0.2, 0.25) is 0 Å². The van der Waals surface area contributed by atoms with Crippen molar-refractivity contribution >= 4 is 5.91 Å². The zero-order valence-corrected chi connectivity index (χ0v) is 12.2. The van der Waals surface area contributed by atoms with E-state index in [1.165, 1.54) is 19.3 Å². The second kappa shape index (κ2) is 7.30. The third kappa shape index (κ3) is 3.73. The van der Waals surface area contributed by atoms with Crippen LogP contribution >= 0.6 is 0 Å². The topological polar surface area (TPSA) is 56.6 Å². The standard InChI is InChI=1S/C15H23N3O2/c1-17(14-5-3-2-4-6-14)12-13(11-16)15(19)18-7-9-20-10-8-18/h12,14H,2-10H2,1H3/b13-12-. The van der Waals surface area contributed by atoms with Crippen LogP contribution < -0.4 is 0 Å². The van der Waals surface area contributed by atoms with Crippen LogP contribution in [0, 0.1) is 11.3 Å². The number of hydrogen-bond acceptors (Lipinski definition) is 4. The van der Waals surface area contributed by atoms with Crippen molar-refractivity contribution in [3.63, 3.8) is 0 Å². The minimum atomic E-state index is -0.168. The van der Waals surface area contributed by atoms with Crippen molar-refractivity contribution in [1.29, 1.82) is 5.26 Å². The third-order valence-electron chi connectivity index (χ3n) is 4.13. The van der Waals surface area contributed by atoms with Gasteiger partial charge in [-0.25, -0.2) is 0 Å². The molecule has 0 atom stereocenters. The van der Waals surface area contributed by atoms with Gasteiger partial charge >= 0.3 is 0 Å². The second-order valence-electron chi connectivity index (χ2n) is 5.52. The lowest BCUT2D eigenvalue weighted by Crippen LogP contribution is -2.41. The van der Waals surface area contributed by atoms with Crippen molar-refractivity contribution in [3.05, 3.63) is 11.8 Å². The fraction of sp³-hybridized carbons (Fsp3) is 0.733. The highest BCUT2D eigenvalue weighted by atomic mass is 16.5. The number of hydrogen-bond donors (Lipinski definition) is 0. The van der Waals surface area contributed by atoms with Gasteiger partial charge in [-0.1, -0.05) is 19.3 Å². The number of nitrogens with zero attached hydrogens (tertiary/aromatic N) is 3. The molecule has 2 rings (SSSR count). The molecular weight excluding hydrogens is 254 g/mol. The number of rotatable bonds is 3. The minimum absolute atomic E-state index is 0.168. The Bertz CT molecular complexity index is 402. The smallest absolute Gasteiger partial charge is 0.266 e. The van der Waals surface area contributed by atoms with Gasteiger partial charge in [-0.2, -0.15) is 5.26 Å². The van der Waals surface area contributed by atoms with Gasteiger partial charge in [0.25, 0.3) is 5.91 Å². The quantitative estimate of drug-likeness (QED) is 0.580. The predicted molar refractivity (Wildman–Crippen MR) is 75.7 cm³/mol. The van der Waals surface area contributed by atoms with Crippen LogP contribution in [0.5, 0.6) is 0 Å². The van der Waals surface area contributed by atoms with Crippen molar-refractivity contribution in [2.75, 3.05) is 33.4 Å². The monoisotopic (exact) mass is 277 g/mol. The highest BCUT2D eigenvalue weighted by Crippen LogP contribution is 2.22. The van der Waals surface area contributed by atoms with E-state index in [2.05, 4.69) is 11.0 Å². The minimum Gasteiger partial charge on any atom is -0.378 e. The Labute approximate surface area is 120 Å². The van der Waals surface area contributed by atoms with Gasteiger partial charge in [0.05, 0.1) is 13.2 Å². The van der Waals surface area contributed by atoms with Crippen LogP contribution in [0.3, 0.4) is 0 Å². The molecule has 0 aromatic rings. The van der Waals surface area contributed by atoms with E-state index in [4.69, 9.17) is 4.74 Å². The van der Waals surface area contributed by atoms with E-state index in [9.17, 15) is 10.1 Å². The molecule has 0 bridgehead atoms. The molecular formula is C15H23N3O2. The molecule has 0 N–H and O–H groups in total. The Morgan fingerprint density at radius 3 is 2.55 bits per heavy atom. The van der Waals surface area contributed by atoms with Gasteiger partial charge in [0, 0.05) is 32.4 Å². The summed E-state index contributed by atoms with van der Waals surface area (Å²) < 4.78 is 5.23. The predicted octanol–water partition coefficient (Wildman–Crippen LogP) is 1.52. The molecule has 0 aromatic heterocycles. The zero-order valence-electron chi connectivity index (χ0n) is 12.2. The van der Waals surface area contributed by atoms with E-state index >= 15 is 0 Å². The number of ether oxygens (including phenoxy) is 1. The highest BCUT2D eigenvalue weighted by Gasteiger charge is 2.22. The molecule has 1 aliphatic heterocycles. The average Bonchev–Trinajstić information content (AvgIpc) is 2.53. The summed E-state index contributed by atoms with van der Waals surface area (Å²) >= 11 is 0. The van der Waals surface area contributed by atoms with E-state index in [0.717, 1.165) is 12.8 Å². The first kappa shape index (κ1) is 14.9. The van der Waals surface area contributed by atoms with Crippen molar-refractivity contribution in [2.45, 2.75) is 38.1 Å². The lowest BCUT2D eigenvalue weighted by Gasteiger charge is -2.31. The molecule has 0 spiro atoms. The maximum Gasteiger partial charge on any atom is 0.266 e. The molecule has 5 heteroatoms. The average molecular weight is 277 g/mol. The van der Waals surface area contributed by atoms with Crippen LogP contribution in [0.1, 0.15) is 32.1 Å². The number of carbonyl (C=O) groups is 1. The van der Waals surface area contributed by atoms with E-state index in [0.29, 0.717) is 32.3 Å². The lowest BCUT2D eigenvalue weighted by molar-refractivity contribution is -0.130. The Morgan fingerprint density at radius 2 is 1.95 bits per heavy atom. The largest absolute Gasteiger partial charge is 0.378 e. The summed E-state index contributed by atoms with van der Waals surface area (Å²) in [5, 5.41) is 9.25. The molecule has 1 amide bonds. The molecule has 1 saturated heterocycles. The number of carbonyl (C=O) groups excluding carboxylic acids is 1. The Hall–Kier alpha value is -1.54. The Kier molecular flexibility index (Phi) is 5.42. The molecule has 0 aromatic carbocycles. The summed E-state index contributed by atoms with van der Waals surface area (Å²) in [6.45, 7) is 2.27. The normalized spacial score (nSPS) is 21.4. The summed E-state index contributed by atoms with van der Waals surface area (Å²) in [6, 6.07) is 2.52. The first-order chi connectivity index (χ1) is 9.72. The molecule has 1 saturated carbocycles. The van der Waals surface area contributed by atoms with Gasteiger partial charge in [0.15, 0.2) is 0 Å². The van der Waals surface area contributed by atoms with E-state index < -0.39 is 0 Å². The number of morpholine rings is 1. The van der Waals surface area contributed by atoms with Gasteiger partial charge in [0.1, 0.15) is 11.6 Å². The fourth-order valence-electron chi connectivity index (χ4n) is 2.87. The van der Waals surface area contributed by atoms with Crippen molar-refractivity contribution in [2.24, 2.45) is 0 Å². The summed E-state index contributed by atoms with van der Waals surface area (Å²) in [5.74, 6) is -0.168. The van der Waals surface area contributed by atoms with Crippen LogP contribution in [0.15, 0.2) is 11.8 Å². The van der Waals surface area contributed by atoms with Crippen molar-refractivity contribution < 1.29 is 9.53 Å². The zero-order chi connectivity index (χ0) is 14.4. The van der Waals surface area contributed by atoms with Gasteiger partial charge in [0.2, 0.25) is 0 Å². The summed E-state index contributed by atoms with van der Waals surface area (Å²) in [7, 11) is 1.97. The summed E-state index contributed by atoms with van der Waals surface area (Å²) in [4.78, 5) is 16.1. The van der Waals surface area contributed by atoms with Crippen LogP contribution in [0.4, 0.5) is 0 Å². The molecule has 0 radical (unpaired) electrons. The Morgan fingerprint density at radius 1 is 1.30 bits per heavy atom. The molecule has 1 aliphatic carbocycles. The molecule has 5 nitrogen and oxygen atoms in total. The first-order valence-corrected chi connectivity index (χ1v) is 7.43. The van der Waals surface area contributed by atoms with E-state index in [1.807, 2.05) is 7.05 Å². The third-order valence-corrected chi connectivity index (χ3v) is 4.13. The molecule has 2 aliphatic rings. The van der Waals surface area contributed by atoms with Crippen LogP contribution in [0.25, 0.3) is 0 Å². The molecule has 110 valence electrons. The summed E-state index contributed by atoms with van der Waals surface area (Å²) in [6.07, 6.45) is 7.80. The maximum atomic E-state index is 12.3. The van der Waals surface area contributed by atoms with Crippen molar-refractivity contribution in [1.82, 2.24) is 9.80 Å². The lowest BCUT2D eigenvalue weighted by atomic mass is 9.94. The molecule has 2 fully saturated rings. The Balaban J connectivity index is 2.00. The summed E-state index contributed by atoms with van der Waals surface area (Å²) in [5.41, 5.74) is 0.236. The van der Waals surface area contributed by atoms with Gasteiger partial charge in [-0.05, 0) is 12.8 Å². The molecule has 0 unspecified atom stereocenters. The SMILES string of the molecule is CN(/C=C(/C#N)C(=O)N1CCOCC1)C1CCCCC1. The maximum absolute atomic E-state index is 12.3.